The number of nitrogens with zero attached hydrogens (tertiary/aromatic N) is 7. The molecule has 4 aromatic rings. The van der Waals surface area contributed by atoms with Crippen molar-refractivity contribution in [1.29, 1.82) is 0 Å². The Kier molecular flexibility index (Phi) is 7.99. The summed E-state index contributed by atoms with van der Waals surface area (Å²) >= 11 is 9.70. The normalized spacial score (nSPS) is 11.9. The number of aromatic nitrogens is 7. The van der Waals surface area contributed by atoms with Gasteiger partial charge in [0.2, 0.25) is 0 Å². The van der Waals surface area contributed by atoms with Crippen LogP contribution in [0.2, 0.25) is 5.02 Å². The van der Waals surface area contributed by atoms with Crippen molar-refractivity contribution in [2.75, 3.05) is 5.32 Å². The van der Waals surface area contributed by atoms with Crippen molar-refractivity contribution in [3.8, 4) is 5.82 Å². The van der Waals surface area contributed by atoms with Crippen LogP contribution in [0.3, 0.4) is 0 Å². The van der Waals surface area contributed by atoms with Gasteiger partial charge >= 0.3 is 6.18 Å². The van der Waals surface area contributed by atoms with Gasteiger partial charge in [-0.05, 0) is 68.8 Å². The Bertz CT molecular complexity index is 1600. The van der Waals surface area contributed by atoms with Gasteiger partial charge in [-0.3, -0.25) is 9.59 Å². The second kappa shape index (κ2) is 11.0. The molecule has 0 atom stereocenters. The van der Waals surface area contributed by atoms with Crippen LogP contribution in [0, 0.1) is 6.92 Å². The minimum Gasteiger partial charge on any atom is -0.347 e. The molecule has 0 saturated carbocycles. The molecule has 4 rings (SSSR count). The van der Waals surface area contributed by atoms with Crippen molar-refractivity contribution >= 4 is 45.0 Å². The van der Waals surface area contributed by atoms with E-state index in [9.17, 15) is 22.8 Å². The van der Waals surface area contributed by atoms with Crippen molar-refractivity contribution in [1.82, 2.24) is 40.3 Å². The first kappa shape index (κ1) is 29.1. The molecular formula is C24H22BrClF3N9O2. The molecule has 40 heavy (non-hydrogen) atoms. The van der Waals surface area contributed by atoms with Crippen LogP contribution in [-0.4, -0.2) is 52.3 Å². The summed E-state index contributed by atoms with van der Waals surface area (Å²) in [5.41, 5.74) is 0.579. The molecule has 0 aliphatic heterocycles. The van der Waals surface area contributed by atoms with Gasteiger partial charge in [0.15, 0.2) is 5.82 Å². The Labute approximate surface area is 239 Å². The SMILES string of the molecule is Cc1cc(Br)cc(C(=O)NC(C)(C)C)c1NC(=O)c1cc(Cn2nnc(C(F)(F)F)n2)nn1-c1ncccc1Cl. The largest absolute Gasteiger partial charge is 0.455 e. The van der Waals surface area contributed by atoms with Crippen molar-refractivity contribution < 1.29 is 22.8 Å². The molecule has 210 valence electrons. The van der Waals surface area contributed by atoms with E-state index in [1.165, 1.54) is 18.3 Å². The highest BCUT2D eigenvalue weighted by Gasteiger charge is 2.37. The Morgan fingerprint density at radius 3 is 2.45 bits per heavy atom. The van der Waals surface area contributed by atoms with Gasteiger partial charge in [-0.2, -0.15) is 23.1 Å². The van der Waals surface area contributed by atoms with Crippen molar-refractivity contribution in [3.05, 3.63) is 74.4 Å². The molecule has 0 fully saturated rings. The molecule has 3 heterocycles. The first-order valence-electron chi connectivity index (χ1n) is 11.6. The highest BCUT2D eigenvalue weighted by molar-refractivity contribution is 9.10. The maximum Gasteiger partial charge on any atom is 0.455 e. The van der Waals surface area contributed by atoms with E-state index in [-0.39, 0.29) is 40.0 Å². The zero-order valence-corrected chi connectivity index (χ0v) is 23.8. The number of pyridine rings is 1. The van der Waals surface area contributed by atoms with E-state index in [2.05, 4.69) is 52.1 Å². The number of rotatable bonds is 6. The molecule has 2 amide bonds. The van der Waals surface area contributed by atoms with E-state index in [0.29, 0.717) is 14.8 Å². The first-order chi connectivity index (χ1) is 18.6. The number of benzene rings is 1. The van der Waals surface area contributed by atoms with E-state index in [1.807, 2.05) is 20.8 Å². The van der Waals surface area contributed by atoms with Gasteiger partial charge in [0.25, 0.3) is 17.6 Å². The van der Waals surface area contributed by atoms with Gasteiger partial charge in [0, 0.05) is 16.2 Å². The molecule has 0 radical (unpaired) electrons. The molecular weight excluding hydrogens is 619 g/mol. The van der Waals surface area contributed by atoms with E-state index in [0.717, 1.165) is 4.68 Å². The monoisotopic (exact) mass is 639 g/mol. The summed E-state index contributed by atoms with van der Waals surface area (Å²) in [4.78, 5) is 31.6. The second-order valence-electron chi connectivity index (χ2n) is 9.69. The van der Waals surface area contributed by atoms with Gasteiger partial charge in [0.1, 0.15) is 12.2 Å². The zero-order chi connectivity index (χ0) is 29.4. The summed E-state index contributed by atoms with van der Waals surface area (Å²) in [5.74, 6) is -2.41. The number of amides is 2. The smallest absolute Gasteiger partial charge is 0.347 e. The maximum atomic E-state index is 13.6. The van der Waals surface area contributed by atoms with Crippen molar-refractivity contribution in [2.24, 2.45) is 0 Å². The van der Waals surface area contributed by atoms with E-state index >= 15 is 0 Å². The molecule has 2 N–H and O–H groups in total. The molecule has 11 nitrogen and oxygen atoms in total. The van der Waals surface area contributed by atoms with Crippen LogP contribution >= 0.6 is 27.5 Å². The second-order valence-corrected chi connectivity index (χ2v) is 11.0. The lowest BCUT2D eigenvalue weighted by atomic mass is 10.0. The van der Waals surface area contributed by atoms with Gasteiger partial charge in [-0.15, -0.1) is 10.2 Å². The van der Waals surface area contributed by atoms with Gasteiger partial charge in [-0.25, -0.2) is 9.67 Å². The summed E-state index contributed by atoms with van der Waals surface area (Å²) in [6, 6.07) is 7.77. The van der Waals surface area contributed by atoms with E-state index in [4.69, 9.17) is 11.6 Å². The fourth-order valence-electron chi connectivity index (χ4n) is 3.61. The number of hydrogen-bond donors (Lipinski definition) is 2. The lowest BCUT2D eigenvalue weighted by Crippen LogP contribution is -2.41. The number of aryl methyl sites for hydroxylation is 1. The Morgan fingerprint density at radius 2 is 1.82 bits per heavy atom. The molecule has 0 spiro atoms. The molecule has 3 aromatic heterocycles. The lowest BCUT2D eigenvalue weighted by Gasteiger charge is -2.22. The van der Waals surface area contributed by atoms with Crippen molar-refractivity contribution in [2.45, 2.75) is 46.0 Å². The fraction of sp³-hybridized carbons (Fsp3) is 0.292. The first-order valence-corrected chi connectivity index (χ1v) is 12.8. The quantitative estimate of drug-likeness (QED) is 0.309. The Hall–Kier alpha value is -3.85. The summed E-state index contributed by atoms with van der Waals surface area (Å²) in [5, 5.41) is 19.9. The summed E-state index contributed by atoms with van der Waals surface area (Å²) in [6.07, 6.45) is -3.34. The van der Waals surface area contributed by atoms with Crippen LogP contribution in [0.25, 0.3) is 5.82 Å². The standard InChI is InChI=1S/C24H22BrClF3N9O2/c1-12-8-13(25)9-15(20(39)32-23(2,3)4)18(12)31-21(40)17-10-14(11-37-35-22(33-36-37)24(27,28)29)34-38(17)19-16(26)6-5-7-30-19/h5-10H,11H2,1-4H3,(H,31,40)(H,32,39). The van der Waals surface area contributed by atoms with Crippen LogP contribution in [0.15, 0.2) is 41.0 Å². The number of alkyl halides is 3. The Morgan fingerprint density at radius 1 is 1.10 bits per heavy atom. The van der Waals surface area contributed by atoms with Gasteiger partial charge in [0.05, 0.1) is 22.0 Å². The third-order valence-corrected chi connectivity index (χ3v) is 5.97. The average molecular weight is 641 g/mol. The number of nitrogens with one attached hydrogen (secondary N) is 2. The highest BCUT2D eigenvalue weighted by Crippen LogP contribution is 2.28. The van der Waals surface area contributed by atoms with Gasteiger partial charge < -0.3 is 10.6 Å². The minimum absolute atomic E-state index is 0.0590. The number of carbonyl (C=O) groups is 2. The average Bonchev–Trinajstić information content (AvgIpc) is 3.47. The van der Waals surface area contributed by atoms with Crippen LogP contribution in [-0.2, 0) is 12.7 Å². The molecule has 0 saturated heterocycles. The fourth-order valence-corrected chi connectivity index (χ4v) is 4.38. The van der Waals surface area contributed by atoms with E-state index in [1.54, 1.807) is 25.1 Å². The van der Waals surface area contributed by atoms with Crippen LogP contribution < -0.4 is 10.6 Å². The third kappa shape index (κ3) is 6.65. The lowest BCUT2D eigenvalue weighted by molar-refractivity contribution is -0.145. The molecule has 0 aliphatic rings. The summed E-state index contributed by atoms with van der Waals surface area (Å²) < 4.78 is 40.5. The number of carbonyl (C=O) groups excluding carboxylic acids is 2. The number of tetrazole rings is 1. The van der Waals surface area contributed by atoms with Gasteiger partial charge in [-0.1, -0.05) is 27.5 Å². The summed E-state index contributed by atoms with van der Waals surface area (Å²) in [6.45, 7) is 6.86. The zero-order valence-electron chi connectivity index (χ0n) is 21.5. The van der Waals surface area contributed by atoms with Crippen LogP contribution in [0.4, 0.5) is 18.9 Å². The van der Waals surface area contributed by atoms with Crippen LogP contribution in [0.1, 0.15) is 58.7 Å². The summed E-state index contributed by atoms with van der Waals surface area (Å²) in [7, 11) is 0. The molecule has 0 aliphatic carbocycles. The van der Waals surface area contributed by atoms with E-state index < -0.39 is 29.4 Å². The highest BCUT2D eigenvalue weighted by atomic mass is 79.9. The third-order valence-electron chi connectivity index (χ3n) is 5.21. The number of hydrogen-bond acceptors (Lipinski definition) is 7. The predicted molar refractivity (Wildman–Crippen MR) is 142 cm³/mol. The molecule has 0 unspecified atom stereocenters. The molecule has 0 bridgehead atoms. The molecule has 16 heteroatoms. The van der Waals surface area contributed by atoms with Crippen molar-refractivity contribution in [3.63, 3.8) is 0 Å². The minimum atomic E-state index is -4.77. The number of anilines is 1. The topological polar surface area (TPSA) is 133 Å². The Balaban J connectivity index is 1.74. The predicted octanol–water partition coefficient (Wildman–Crippen LogP) is 4.83. The molecule has 1 aromatic carbocycles. The number of halogens is 5. The maximum absolute atomic E-state index is 13.6. The van der Waals surface area contributed by atoms with Crippen LogP contribution in [0.5, 0.6) is 0 Å².